The highest BCUT2D eigenvalue weighted by Crippen LogP contribution is 2.20. The molecule has 24 heavy (non-hydrogen) atoms. The third-order valence-corrected chi connectivity index (χ3v) is 4.28. The second kappa shape index (κ2) is 8.02. The Bertz CT molecular complexity index is 682. The van der Waals surface area contributed by atoms with E-state index < -0.39 is 0 Å². The number of carbonyl (C=O) groups is 1. The van der Waals surface area contributed by atoms with E-state index in [0.717, 1.165) is 32.5 Å². The molecule has 2 aromatic rings. The molecule has 0 bridgehead atoms. The van der Waals surface area contributed by atoms with Crippen molar-refractivity contribution in [2.45, 2.75) is 19.3 Å². The van der Waals surface area contributed by atoms with Crippen LogP contribution in [0.25, 0.3) is 11.3 Å². The average Bonchev–Trinajstić information content (AvgIpc) is 3.13. The van der Waals surface area contributed by atoms with Gasteiger partial charge in [0, 0.05) is 37.1 Å². The Balaban J connectivity index is 1.51. The second-order valence-electron chi connectivity index (χ2n) is 6.04. The Morgan fingerprint density at radius 1 is 1.29 bits per heavy atom. The van der Waals surface area contributed by atoms with Crippen LogP contribution in [0.2, 0.25) is 0 Å². The number of hydrogen-bond acceptors (Lipinski definition) is 3. The van der Waals surface area contributed by atoms with Crippen molar-refractivity contribution in [3.63, 3.8) is 0 Å². The van der Waals surface area contributed by atoms with Crippen LogP contribution in [0.3, 0.4) is 0 Å². The van der Waals surface area contributed by atoms with Crippen LogP contribution in [0.1, 0.15) is 29.6 Å². The van der Waals surface area contributed by atoms with E-state index in [-0.39, 0.29) is 11.7 Å². The van der Waals surface area contributed by atoms with E-state index in [2.05, 4.69) is 10.3 Å². The summed E-state index contributed by atoms with van der Waals surface area (Å²) in [6, 6.07) is 9.76. The molecule has 1 aliphatic heterocycles. The van der Waals surface area contributed by atoms with Gasteiger partial charge in [-0.1, -0.05) is 12.1 Å². The standard InChI is InChI=1S/C19H21FN2O2/c20-17-4-2-10-21-18(17)15-5-7-16(8-6-15)19(23)22-11-1-3-14-9-12-24-13-14/h2,4-8,10,14H,1,3,9,11-13H2,(H,22,23)/t14-/m1/s1. The Morgan fingerprint density at radius 2 is 2.12 bits per heavy atom. The molecule has 1 amide bonds. The Hall–Kier alpha value is -2.27. The van der Waals surface area contributed by atoms with Gasteiger partial charge in [0.2, 0.25) is 0 Å². The van der Waals surface area contributed by atoms with E-state index in [1.54, 1.807) is 36.5 Å². The first kappa shape index (κ1) is 16.6. The summed E-state index contributed by atoms with van der Waals surface area (Å²) in [6.45, 7) is 2.37. The van der Waals surface area contributed by atoms with Crippen molar-refractivity contribution in [2.24, 2.45) is 5.92 Å². The molecule has 3 rings (SSSR count). The number of hydrogen-bond donors (Lipinski definition) is 1. The van der Waals surface area contributed by atoms with Crippen molar-refractivity contribution >= 4 is 5.91 Å². The molecular formula is C19H21FN2O2. The number of rotatable bonds is 6. The SMILES string of the molecule is O=C(NCCC[C@@H]1CCOC1)c1ccc(-c2ncccc2F)cc1. The number of pyridine rings is 1. The summed E-state index contributed by atoms with van der Waals surface area (Å²) in [4.78, 5) is 16.2. The van der Waals surface area contributed by atoms with Crippen LogP contribution in [-0.2, 0) is 4.74 Å². The first-order valence-corrected chi connectivity index (χ1v) is 8.31. The summed E-state index contributed by atoms with van der Waals surface area (Å²) in [6.07, 6.45) is 4.71. The number of nitrogens with one attached hydrogen (secondary N) is 1. The first-order valence-electron chi connectivity index (χ1n) is 8.31. The Morgan fingerprint density at radius 3 is 2.83 bits per heavy atom. The van der Waals surface area contributed by atoms with Gasteiger partial charge in [0.05, 0.1) is 0 Å². The van der Waals surface area contributed by atoms with Crippen molar-refractivity contribution in [3.05, 3.63) is 54.0 Å². The lowest BCUT2D eigenvalue weighted by Gasteiger charge is -2.09. The highest BCUT2D eigenvalue weighted by molar-refractivity contribution is 5.94. The molecule has 0 unspecified atom stereocenters. The number of carbonyl (C=O) groups excluding carboxylic acids is 1. The Kier molecular flexibility index (Phi) is 5.54. The van der Waals surface area contributed by atoms with Crippen LogP contribution in [0, 0.1) is 11.7 Å². The summed E-state index contributed by atoms with van der Waals surface area (Å²) in [5.41, 5.74) is 1.52. The molecule has 0 radical (unpaired) electrons. The average molecular weight is 328 g/mol. The zero-order valence-corrected chi connectivity index (χ0v) is 13.5. The van der Waals surface area contributed by atoms with Crippen LogP contribution in [0.15, 0.2) is 42.6 Å². The number of ether oxygens (including phenoxy) is 1. The van der Waals surface area contributed by atoms with E-state index in [1.807, 2.05) is 0 Å². The molecule has 5 heteroatoms. The highest BCUT2D eigenvalue weighted by Gasteiger charge is 2.15. The molecule has 1 fully saturated rings. The topological polar surface area (TPSA) is 51.2 Å². The number of halogens is 1. The summed E-state index contributed by atoms with van der Waals surface area (Å²) in [5, 5.41) is 2.92. The van der Waals surface area contributed by atoms with Gasteiger partial charge in [0.15, 0.2) is 0 Å². The third kappa shape index (κ3) is 4.17. The van der Waals surface area contributed by atoms with Crippen molar-refractivity contribution in [1.29, 1.82) is 0 Å². The number of benzene rings is 1. The van der Waals surface area contributed by atoms with Gasteiger partial charge in [0.1, 0.15) is 11.5 Å². The lowest BCUT2D eigenvalue weighted by molar-refractivity contribution is 0.0952. The molecule has 1 aromatic carbocycles. The fourth-order valence-corrected chi connectivity index (χ4v) is 2.88. The van der Waals surface area contributed by atoms with Crippen LogP contribution in [0.5, 0.6) is 0 Å². The minimum Gasteiger partial charge on any atom is -0.381 e. The second-order valence-corrected chi connectivity index (χ2v) is 6.04. The van der Waals surface area contributed by atoms with Gasteiger partial charge >= 0.3 is 0 Å². The molecule has 0 spiro atoms. The van der Waals surface area contributed by atoms with Crippen molar-refractivity contribution in [1.82, 2.24) is 10.3 Å². The molecule has 1 aliphatic rings. The maximum absolute atomic E-state index is 13.7. The minimum absolute atomic E-state index is 0.106. The maximum atomic E-state index is 13.7. The first-order chi connectivity index (χ1) is 11.7. The van der Waals surface area contributed by atoms with E-state index in [1.165, 1.54) is 6.07 Å². The van der Waals surface area contributed by atoms with Crippen molar-refractivity contribution in [3.8, 4) is 11.3 Å². The van der Waals surface area contributed by atoms with Crippen molar-refractivity contribution < 1.29 is 13.9 Å². The number of aromatic nitrogens is 1. The molecule has 0 aliphatic carbocycles. The number of nitrogens with zero attached hydrogens (tertiary/aromatic N) is 1. The van der Waals surface area contributed by atoms with Crippen LogP contribution in [-0.4, -0.2) is 30.6 Å². The van der Waals surface area contributed by atoms with Gasteiger partial charge < -0.3 is 10.1 Å². The van der Waals surface area contributed by atoms with Gasteiger partial charge in [-0.2, -0.15) is 0 Å². The highest BCUT2D eigenvalue weighted by atomic mass is 19.1. The molecule has 0 saturated carbocycles. The molecule has 1 aromatic heterocycles. The van der Waals surface area contributed by atoms with Gasteiger partial charge in [-0.25, -0.2) is 4.39 Å². The van der Waals surface area contributed by atoms with Gasteiger partial charge in [-0.15, -0.1) is 0 Å². The van der Waals surface area contributed by atoms with Crippen LogP contribution >= 0.6 is 0 Å². The molecular weight excluding hydrogens is 307 g/mol. The van der Waals surface area contributed by atoms with Crippen LogP contribution < -0.4 is 5.32 Å². The van der Waals surface area contributed by atoms with Gasteiger partial charge in [-0.3, -0.25) is 9.78 Å². The van der Waals surface area contributed by atoms with Crippen molar-refractivity contribution in [2.75, 3.05) is 19.8 Å². The number of amides is 1. The fourth-order valence-electron chi connectivity index (χ4n) is 2.88. The molecule has 1 N–H and O–H groups in total. The fraction of sp³-hybridized carbons (Fsp3) is 0.368. The lowest BCUT2D eigenvalue weighted by Crippen LogP contribution is -2.24. The maximum Gasteiger partial charge on any atom is 0.251 e. The Labute approximate surface area is 141 Å². The predicted molar refractivity (Wildman–Crippen MR) is 90.1 cm³/mol. The smallest absolute Gasteiger partial charge is 0.251 e. The normalized spacial score (nSPS) is 17.0. The summed E-state index contributed by atoms with van der Waals surface area (Å²) in [7, 11) is 0. The molecule has 1 saturated heterocycles. The van der Waals surface area contributed by atoms with Gasteiger partial charge in [0.25, 0.3) is 5.91 Å². The quantitative estimate of drug-likeness (QED) is 0.827. The summed E-state index contributed by atoms with van der Waals surface area (Å²) < 4.78 is 19.1. The van der Waals surface area contributed by atoms with E-state index in [0.29, 0.717) is 29.3 Å². The van der Waals surface area contributed by atoms with Gasteiger partial charge in [-0.05, 0) is 49.4 Å². The largest absolute Gasteiger partial charge is 0.381 e. The van der Waals surface area contributed by atoms with Crippen LogP contribution in [0.4, 0.5) is 4.39 Å². The van der Waals surface area contributed by atoms with E-state index in [4.69, 9.17) is 4.74 Å². The lowest BCUT2D eigenvalue weighted by atomic mass is 10.0. The van der Waals surface area contributed by atoms with E-state index in [9.17, 15) is 9.18 Å². The monoisotopic (exact) mass is 328 g/mol. The molecule has 2 heterocycles. The summed E-state index contributed by atoms with van der Waals surface area (Å²) >= 11 is 0. The zero-order valence-electron chi connectivity index (χ0n) is 13.5. The molecule has 126 valence electrons. The molecule has 4 nitrogen and oxygen atoms in total. The van der Waals surface area contributed by atoms with E-state index >= 15 is 0 Å². The summed E-state index contributed by atoms with van der Waals surface area (Å²) in [5.74, 6) is 0.158. The third-order valence-electron chi connectivity index (χ3n) is 4.28. The minimum atomic E-state index is -0.370. The predicted octanol–water partition coefficient (Wildman–Crippen LogP) is 3.43. The zero-order chi connectivity index (χ0) is 16.8. The molecule has 1 atom stereocenters.